The molecule has 2 fully saturated rings. The maximum Gasteiger partial charge on any atom is 0.433 e. The quantitative estimate of drug-likeness (QED) is 0.667. The SMILES string of the molecule is FC(F)(F)c1ccc(-c2nc(C3(CN[C@H]4CC4c4ccccc4)CC3)no2)cn1. The molecule has 0 spiro atoms. The highest BCUT2D eigenvalue weighted by molar-refractivity contribution is 5.51. The predicted octanol–water partition coefficient (Wildman–Crippen LogP) is 4.33. The van der Waals surface area contributed by atoms with Crippen molar-refractivity contribution in [1.82, 2.24) is 20.4 Å². The van der Waals surface area contributed by atoms with Gasteiger partial charge < -0.3 is 9.84 Å². The van der Waals surface area contributed by atoms with E-state index in [9.17, 15) is 13.2 Å². The summed E-state index contributed by atoms with van der Waals surface area (Å²) < 4.78 is 43.3. The maximum absolute atomic E-state index is 12.7. The van der Waals surface area contributed by atoms with Crippen LogP contribution in [-0.2, 0) is 11.6 Å². The molecule has 0 radical (unpaired) electrons. The summed E-state index contributed by atoms with van der Waals surface area (Å²) in [6.07, 6.45) is -0.302. The van der Waals surface area contributed by atoms with E-state index in [2.05, 4.69) is 44.7 Å². The Balaban J connectivity index is 1.23. The normalized spacial score (nSPS) is 22.4. The number of aromatic nitrogens is 3. The second-order valence-electron chi connectivity index (χ2n) is 7.87. The zero-order chi connectivity index (χ0) is 20.1. The lowest BCUT2D eigenvalue weighted by Crippen LogP contribution is -2.30. The molecule has 8 heteroatoms. The molecule has 2 aliphatic rings. The first-order valence-corrected chi connectivity index (χ1v) is 9.61. The van der Waals surface area contributed by atoms with E-state index in [0.29, 0.717) is 23.3 Å². The van der Waals surface area contributed by atoms with Crippen molar-refractivity contribution in [1.29, 1.82) is 0 Å². The van der Waals surface area contributed by atoms with Gasteiger partial charge in [-0.25, -0.2) is 0 Å². The summed E-state index contributed by atoms with van der Waals surface area (Å²) in [6, 6.07) is 13.1. The predicted molar refractivity (Wildman–Crippen MR) is 99.0 cm³/mol. The average molecular weight is 400 g/mol. The number of benzene rings is 1. The van der Waals surface area contributed by atoms with Gasteiger partial charge in [0, 0.05) is 30.1 Å². The van der Waals surface area contributed by atoms with Crippen molar-refractivity contribution < 1.29 is 17.7 Å². The number of pyridine rings is 1. The average Bonchev–Trinajstić information content (AvgIpc) is 3.63. The van der Waals surface area contributed by atoms with Gasteiger partial charge in [-0.2, -0.15) is 18.2 Å². The third-order valence-corrected chi connectivity index (χ3v) is 5.78. The maximum atomic E-state index is 12.7. The Kier molecular flexibility index (Phi) is 4.20. The fourth-order valence-corrected chi connectivity index (χ4v) is 3.69. The molecule has 0 amide bonds. The lowest BCUT2D eigenvalue weighted by Gasteiger charge is -2.12. The molecule has 1 unspecified atom stereocenters. The van der Waals surface area contributed by atoms with Crippen LogP contribution in [0.3, 0.4) is 0 Å². The van der Waals surface area contributed by atoms with Crippen LogP contribution in [0.5, 0.6) is 0 Å². The standard InChI is InChI=1S/C21H19F3N4O/c22-21(23,24)17-7-6-14(11-25-17)18-27-19(28-29-18)20(8-9-20)12-26-16-10-15(16)13-4-2-1-3-5-13/h1-7,11,15-16,26H,8-10,12H2/t15?,16-/m0/s1. The van der Waals surface area contributed by atoms with Crippen molar-refractivity contribution >= 4 is 0 Å². The first-order valence-electron chi connectivity index (χ1n) is 9.61. The van der Waals surface area contributed by atoms with Crippen LogP contribution in [0.2, 0.25) is 0 Å². The summed E-state index contributed by atoms with van der Waals surface area (Å²) in [4.78, 5) is 7.90. The summed E-state index contributed by atoms with van der Waals surface area (Å²) in [5, 5.41) is 7.72. The van der Waals surface area contributed by atoms with Gasteiger partial charge in [0.15, 0.2) is 5.82 Å². The van der Waals surface area contributed by atoms with Crippen molar-refractivity contribution in [3.63, 3.8) is 0 Å². The lowest BCUT2D eigenvalue weighted by atomic mass is 10.1. The van der Waals surface area contributed by atoms with Gasteiger partial charge in [-0.1, -0.05) is 35.5 Å². The molecule has 2 saturated carbocycles. The van der Waals surface area contributed by atoms with Gasteiger partial charge in [0.05, 0.1) is 5.56 Å². The zero-order valence-corrected chi connectivity index (χ0v) is 15.5. The van der Waals surface area contributed by atoms with E-state index < -0.39 is 11.9 Å². The van der Waals surface area contributed by atoms with Crippen molar-refractivity contribution in [3.8, 4) is 11.5 Å². The monoisotopic (exact) mass is 400 g/mol. The minimum atomic E-state index is -4.47. The largest absolute Gasteiger partial charge is 0.433 e. The number of hydrogen-bond donors (Lipinski definition) is 1. The van der Waals surface area contributed by atoms with E-state index in [4.69, 9.17) is 4.52 Å². The van der Waals surface area contributed by atoms with E-state index in [1.165, 1.54) is 11.6 Å². The molecule has 5 nitrogen and oxygen atoms in total. The Morgan fingerprint density at radius 1 is 1.10 bits per heavy atom. The molecule has 1 N–H and O–H groups in total. The van der Waals surface area contributed by atoms with Crippen LogP contribution in [0, 0.1) is 0 Å². The van der Waals surface area contributed by atoms with Crippen LogP contribution in [0.1, 0.15) is 42.3 Å². The van der Waals surface area contributed by atoms with Gasteiger partial charge in [0.25, 0.3) is 5.89 Å². The number of alkyl halides is 3. The molecule has 2 aliphatic carbocycles. The highest BCUT2D eigenvalue weighted by Gasteiger charge is 2.50. The molecule has 0 aliphatic heterocycles. The molecule has 2 heterocycles. The van der Waals surface area contributed by atoms with Gasteiger partial charge in [0.2, 0.25) is 0 Å². The van der Waals surface area contributed by atoms with Crippen molar-refractivity contribution in [3.05, 3.63) is 65.7 Å². The fourth-order valence-electron chi connectivity index (χ4n) is 3.69. The van der Waals surface area contributed by atoms with Crippen molar-refractivity contribution in [2.24, 2.45) is 0 Å². The molecule has 3 aromatic rings. The molecule has 29 heavy (non-hydrogen) atoms. The van der Waals surface area contributed by atoms with Crippen LogP contribution < -0.4 is 5.32 Å². The molecule has 5 rings (SSSR count). The third-order valence-electron chi connectivity index (χ3n) is 5.78. The van der Waals surface area contributed by atoms with E-state index in [1.807, 2.05) is 6.07 Å². The minimum Gasteiger partial charge on any atom is -0.334 e. The summed E-state index contributed by atoms with van der Waals surface area (Å²) in [7, 11) is 0. The van der Waals surface area contributed by atoms with Crippen molar-refractivity contribution in [2.45, 2.75) is 42.8 Å². The summed E-state index contributed by atoms with van der Waals surface area (Å²) in [5.74, 6) is 1.35. The Hall–Kier alpha value is -2.74. The summed E-state index contributed by atoms with van der Waals surface area (Å²) >= 11 is 0. The van der Waals surface area contributed by atoms with Crippen LogP contribution >= 0.6 is 0 Å². The fraction of sp³-hybridized carbons (Fsp3) is 0.381. The van der Waals surface area contributed by atoms with E-state index in [1.54, 1.807) is 0 Å². The molecule has 0 saturated heterocycles. The Labute approximate surface area is 165 Å². The van der Waals surface area contributed by atoms with E-state index in [-0.39, 0.29) is 11.3 Å². The van der Waals surface area contributed by atoms with Gasteiger partial charge in [0.1, 0.15) is 5.69 Å². The molecule has 2 aromatic heterocycles. The Morgan fingerprint density at radius 2 is 1.90 bits per heavy atom. The highest BCUT2D eigenvalue weighted by Crippen LogP contribution is 2.48. The van der Waals surface area contributed by atoms with Crippen LogP contribution in [-0.4, -0.2) is 27.7 Å². The Bertz CT molecular complexity index is 997. The highest BCUT2D eigenvalue weighted by atomic mass is 19.4. The molecule has 1 aromatic carbocycles. The van der Waals surface area contributed by atoms with Crippen LogP contribution in [0.4, 0.5) is 13.2 Å². The smallest absolute Gasteiger partial charge is 0.334 e. The number of nitrogens with one attached hydrogen (secondary N) is 1. The van der Waals surface area contributed by atoms with Crippen LogP contribution in [0.15, 0.2) is 53.2 Å². The molecule has 150 valence electrons. The first-order chi connectivity index (χ1) is 13.9. The first kappa shape index (κ1) is 18.3. The molecular weight excluding hydrogens is 381 g/mol. The van der Waals surface area contributed by atoms with Gasteiger partial charge in [-0.3, -0.25) is 4.98 Å². The molecule has 0 bridgehead atoms. The number of halogens is 3. The van der Waals surface area contributed by atoms with Gasteiger partial charge in [-0.05, 0) is 37.0 Å². The molecular formula is C21H19F3N4O. The second kappa shape index (κ2) is 6.66. The van der Waals surface area contributed by atoms with E-state index >= 15 is 0 Å². The Morgan fingerprint density at radius 3 is 2.55 bits per heavy atom. The third kappa shape index (κ3) is 3.64. The van der Waals surface area contributed by atoms with Gasteiger partial charge >= 0.3 is 6.18 Å². The van der Waals surface area contributed by atoms with E-state index in [0.717, 1.165) is 38.1 Å². The van der Waals surface area contributed by atoms with Crippen molar-refractivity contribution in [2.75, 3.05) is 6.54 Å². The molecule has 2 atom stereocenters. The minimum absolute atomic E-state index is 0.148. The summed E-state index contributed by atoms with van der Waals surface area (Å²) in [5.41, 5.74) is 0.643. The number of hydrogen-bond acceptors (Lipinski definition) is 5. The number of nitrogens with zero attached hydrogens (tertiary/aromatic N) is 3. The zero-order valence-electron chi connectivity index (χ0n) is 15.5. The lowest BCUT2D eigenvalue weighted by molar-refractivity contribution is -0.141. The summed E-state index contributed by atoms with van der Waals surface area (Å²) in [6.45, 7) is 0.769. The second-order valence-corrected chi connectivity index (χ2v) is 7.87. The van der Waals surface area contributed by atoms with Crippen LogP contribution in [0.25, 0.3) is 11.5 Å². The number of rotatable bonds is 6. The van der Waals surface area contributed by atoms with Gasteiger partial charge in [-0.15, -0.1) is 0 Å². The topological polar surface area (TPSA) is 63.8 Å².